The summed E-state index contributed by atoms with van der Waals surface area (Å²) in [7, 11) is 1.54. The lowest BCUT2D eigenvalue weighted by molar-refractivity contribution is 0.0219. The predicted octanol–water partition coefficient (Wildman–Crippen LogP) is 3.46. The highest BCUT2D eigenvalue weighted by Crippen LogP contribution is 2.20. The third-order valence-electron chi connectivity index (χ3n) is 4.16. The first kappa shape index (κ1) is 19.2. The van der Waals surface area contributed by atoms with E-state index in [1.807, 2.05) is 0 Å². The maximum Gasteiger partial charge on any atom is 0.339 e. The van der Waals surface area contributed by atoms with Gasteiger partial charge in [0.25, 0.3) is 0 Å². The number of ether oxygens (including phenoxy) is 2. The first-order valence-corrected chi connectivity index (χ1v) is 8.06. The van der Waals surface area contributed by atoms with Crippen LogP contribution in [0.3, 0.4) is 0 Å². The van der Waals surface area contributed by atoms with Crippen molar-refractivity contribution in [1.29, 1.82) is 0 Å². The molecule has 2 atom stereocenters. The van der Waals surface area contributed by atoms with E-state index in [-0.39, 0.29) is 16.9 Å². The average molecular weight is 356 g/mol. The molecule has 0 amide bonds. The second-order valence-electron chi connectivity index (χ2n) is 5.84. The minimum absolute atomic E-state index is 0.0454. The number of rotatable bonds is 7. The lowest BCUT2D eigenvalue weighted by atomic mass is 9.95. The first-order chi connectivity index (χ1) is 12.3. The summed E-state index contributed by atoms with van der Waals surface area (Å²) in [6, 6.07) is 12.4. The summed E-state index contributed by atoms with van der Waals surface area (Å²) in [5, 5.41) is 9.17. The third kappa shape index (κ3) is 4.27. The Hall–Kier alpha value is -3.15. The molecule has 0 spiro atoms. The maximum atomic E-state index is 12.6. The monoisotopic (exact) mass is 356 g/mol. The van der Waals surface area contributed by atoms with Crippen molar-refractivity contribution in [1.82, 2.24) is 0 Å². The van der Waals surface area contributed by atoms with Gasteiger partial charge in [0.15, 0.2) is 5.78 Å². The van der Waals surface area contributed by atoms with E-state index in [0.717, 1.165) is 0 Å². The fraction of sp³-hybridized carbons (Fsp3) is 0.250. The average Bonchev–Trinajstić information content (AvgIpc) is 2.66. The molecular weight excluding hydrogens is 336 g/mol. The van der Waals surface area contributed by atoms with E-state index in [0.29, 0.717) is 11.3 Å². The number of hydrogen-bond donors (Lipinski definition) is 1. The molecule has 2 aromatic carbocycles. The summed E-state index contributed by atoms with van der Waals surface area (Å²) in [5.41, 5.74) is 0.293. The molecule has 136 valence electrons. The predicted molar refractivity (Wildman–Crippen MR) is 94.8 cm³/mol. The number of hydrogen-bond acceptors (Lipinski definition) is 5. The number of methoxy groups -OCH3 is 1. The van der Waals surface area contributed by atoms with Gasteiger partial charge < -0.3 is 14.6 Å². The number of Topliss-reactive ketones (excluding diaryl/α,β-unsaturated/α-hetero) is 1. The van der Waals surface area contributed by atoms with Crippen LogP contribution >= 0.6 is 0 Å². The molecule has 0 unspecified atom stereocenters. The molecule has 0 saturated heterocycles. The van der Waals surface area contributed by atoms with Crippen LogP contribution in [0.2, 0.25) is 0 Å². The van der Waals surface area contributed by atoms with Crippen molar-refractivity contribution in [3.05, 3.63) is 65.2 Å². The van der Waals surface area contributed by atoms with Crippen LogP contribution in [0.1, 0.15) is 44.9 Å². The SMILES string of the molecule is COc1ccc(C(=O)[C@@H](C)[C@@H](C)OC(=O)c2ccccc2C(=O)O)cc1. The van der Waals surface area contributed by atoms with Crippen LogP contribution in [0.5, 0.6) is 5.75 Å². The van der Waals surface area contributed by atoms with Gasteiger partial charge in [0.05, 0.1) is 24.2 Å². The van der Waals surface area contributed by atoms with Gasteiger partial charge in [-0.2, -0.15) is 0 Å². The Kier molecular flexibility index (Phi) is 6.11. The van der Waals surface area contributed by atoms with Gasteiger partial charge in [-0.3, -0.25) is 4.79 Å². The number of carboxylic acids is 1. The zero-order valence-electron chi connectivity index (χ0n) is 14.8. The topological polar surface area (TPSA) is 89.9 Å². The van der Waals surface area contributed by atoms with Crippen molar-refractivity contribution in [2.75, 3.05) is 7.11 Å². The molecule has 0 heterocycles. The fourth-order valence-corrected chi connectivity index (χ4v) is 2.41. The van der Waals surface area contributed by atoms with Crippen LogP contribution in [0.4, 0.5) is 0 Å². The Morgan fingerprint density at radius 1 is 0.923 bits per heavy atom. The highest BCUT2D eigenvalue weighted by molar-refractivity contribution is 6.03. The summed E-state index contributed by atoms with van der Waals surface area (Å²) in [5.74, 6) is -2.12. The van der Waals surface area contributed by atoms with E-state index in [4.69, 9.17) is 14.6 Å². The summed E-state index contributed by atoms with van der Waals surface area (Å²) in [4.78, 5) is 36.1. The van der Waals surface area contributed by atoms with Crippen molar-refractivity contribution in [2.24, 2.45) is 5.92 Å². The molecule has 0 fully saturated rings. The van der Waals surface area contributed by atoms with E-state index < -0.39 is 24.0 Å². The van der Waals surface area contributed by atoms with Gasteiger partial charge in [-0.05, 0) is 43.3 Å². The molecule has 0 aliphatic carbocycles. The van der Waals surface area contributed by atoms with E-state index in [1.165, 1.54) is 25.3 Å². The van der Waals surface area contributed by atoms with Crippen molar-refractivity contribution in [2.45, 2.75) is 20.0 Å². The summed E-state index contributed by atoms with van der Waals surface area (Å²) in [6.45, 7) is 3.26. The Morgan fingerprint density at radius 3 is 2.04 bits per heavy atom. The number of ketones is 1. The van der Waals surface area contributed by atoms with Crippen LogP contribution in [-0.4, -0.2) is 36.0 Å². The van der Waals surface area contributed by atoms with Crippen molar-refractivity contribution in [3.63, 3.8) is 0 Å². The normalized spacial score (nSPS) is 12.7. The molecule has 6 nitrogen and oxygen atoms in total. The van der Waals surface area contributed by atoms with E-state index >= 15 is 0 Å². The molecular formula is C20H20O6. The molecule has 26 heavy (non-hydrogen) atoms. The van der Waals surface area contributed by atoms with Gasteiger partial charge in [0, 0.05) is 5.56 Å². The lowest BCUT2D eigenvalue weighted by Gasteiger charge is -2.20. The second kappa shape index (κ2) is 8.29. The smallest absolute Gasteiger partial charge is 0.339 e. The summed E-state index contributed by atoms with van der Waals surface area (Å²) >= 11 is 0. The molecule has 0 saturated carbocycles. The van der Waals surface area contributed by atoms with Gasteiger partial charge in [-0.15, -0.1) is 0 Å². The zero-order valence-corrected chi connectivity index (χ0v) is 14.8. The van der Waals surface area contributed by atoms with Gasteiger partial charge in [-0.25, -0.2) is 9.59 Å². The quantitative estimate of drug-likeness (QED) is 0.604. The third-order valence-corrected chi connectivity index (χ3v) is 4.16. The number of aromatic carboxylic acids is 1. The molecule has 0 aliphatic rings. The second-order valence-corrected chi connectivity index (χ2v) is 5.84. The van der Waals surface area contributed by atoms with Gasteiger partial charge in [-0.1, -0.05) is 19.1 Å². The van der Waals surface area contributed by atoms with Crippen LogP contribution in [0.15, 0.2) is 48.5 Å². The number of esters is 1. The molecule has 0 radical (unpaired) electrons. The van der Waals surface area contributed by atoms with Crippen molar-refractivity contribution < 1.29 is 29.0 Å². The maximum absolute atomic E-state index is 12.6. The van der Waals surface area contributed by atoms with Crippen molar-refractivity contribution in [3.8, 4) is 5.75 Å². The first-order valence-electron chi connectivity index (χ1n) is 8.06. The highest BCUT2D eigenvalue weighted by Gasteiger charge is 2.26. The molecule has 6 heteroatoms. The van der Waals surface area contributed by atoms with E-state index in [2.05, 4.69) is 0 Å². The largest absolute Gasteiger partial charge is 0.497 e. The Balaban J connectivity index is 2.10. The van der Waals surface area contributed by atoms with Crippen molar-refractivity contribution >= 4 is 17.7 Å². The van der Waals surface area contributed by atoms with Gasteiger partial charge in [0.2, 0.25) is 0 Å². The van der Waals surface area contributed by atoms with Crippen LogP contribution in [0.25, 0.3) is 0 Å². The van der Waals surface area contributed by atoms with E-state index in [1.54, 1.807) is 44.2 Å². The molecule has 0 bridgehead atoms. The number of benzene rings is 2. The number of carboxylic acid groups (broad SMARTS) is 1. The molecule has 1 N–H and O–H groups in total. The van der Waals surface area contributed by atoms with Gasteiger partial charge >= 0.3 is 11.9 Å². The standard InChI is InChI=1S/C20H20O6/c1-12(18(21)14-8-10-15(25-3)11-9-14)13(2)26-20(24)17-7-5-4-6-16(17)19(22)23/h4-13H,1-3H3,(H,22,23)/t12-,13+/m0/s1. The summed E-state index contributed by atoms with van der Waals surface area (Å²) < 4.78 is 10.4. The lowest BCUT2D eigenvalue weighted by Crippen LogP contribution is -2.29. The molecule has 0 aliphatic heterocycles. The zero-order chi connectivity index (χ0) is 19.3. The fourth-order valence-electron chi connectivity index (χ4n) is 2.41. The van der Waals surface area contributed by atoms with Gasteiger partial charge in [0.1, 0.15) is 11.9 Å². The minimum atomic E-state index is -1.22. The van der Waals surface area contributed by atoms with E-state index in [9.17, 15) is 14.4 Å². The minimum Gasteiger partial charge on any atom is -0.497 e. The summed E-state index contributed by atoms with van der Waals surface area (Å²) in [6.07, 6.45) is -0.723. The molecule has 2 rings (SSSR count). The number of carbonyl (C=O) groups is 3. The molecule has 0 aromatic heterocycles. The Morgan fingerprint density at radius 2 is 1.50 bits per heavy atom. The molecule has 2 aromatic rings. The Bertz CT molecular complexity index is 809. The van der Waals surface area contributed by atoms with Crippen LogP contribution in [0, 0.1) is 5.92 Å². The number of carbonyl (C=O) groups excluding carboxylic acids is 2. The van der Waals surface area contributed by atoms with Crippen LogP contribution in [-0.2, 0) is 4.74 Å². The highest BCUT2D eigenvalue weighted by atomic mass is 16.5. The Labute approximate surface area is 151 Å². The van der Waals surface area contributed by atoms with Crippen LogP contribution < -0.4 is 4.74 Å².